The second-order valence-electron chi connectivity index (χ2n) is 6.52. The van der Waals surface area contributed by atoms with Gasteiger partial charge in [-0.1, -0.05) is 54.3 Å². The van der Waals surface area contributed by atoms with Crippen molar-refractivity contribution in [3.05, 3.63) is 87.5 Å². The van der Waals surface area contributed by atoms with Crippen LogP contribution in [0.25, 0.3) is 17.4 Å². The summed E-state index contributed by atoms with van der Waals surface area (Å²) in [6.07, 6.45) is 1.62. The van der Waals surface area contributed by atoms with Crippen LogP contribution >= 0.6 is 24.0 Å². The van der Waals surface area contributed by atoms with E-state index in [1.54, 1.807) is 60.7 Å². The van der Waals surface area contributed by atoms with Crippen LogP contribution in [0.3, 0.4) is 0 Å². The van der Waals surface area contributed by atoms with Crippen molar-refractivity contribution >= 4 is 51.8 Å². The quantitative estimate of drug-likeness (QED) is 0.389. The van der Waals surface area contributed by atoms with E-state index in [1.165, 1.54) is 11.8 Å². The number of thiocarbonyl (C=S) groups is 1. The molecule has 5 nitrogen and oxygen atoms in total. The van der Waals surface area contributed by atoms with E-state index >= 15 is 0 Å². The lowest BCUT2D eigenvalue weighted by molar-refractivity contribution is -0.115. The molecule has 1 amide bonds. The molecule has 0 unspecified atom stereocenters. The van der Waals surface area contributed by atoms with Gasteiger partial charge in [-0.2, -0.15) is 0 Å². The summed E-state index contributed by atoms with van der Waals surface area (Å²) in [4.78, 5) is 37.9. The predicted octanol–water partition coefficient (Wildman–Crippen LogP) is 4.21. The van der Waals surface area contributed by atoms with Gasteiger partial charge in [0.1, 0.15) is 15.8 Å². The number of hydrogen-bond acceptors (Lipinski definition) is 6. The molecule has 0 spiro atoms. The predicted molar refractivity (Wildman–Crippen MR) is 114 cm³/mol. The van der Waals surface area contributed by atoms with E-state index in [0.29, 0.717) is 48.6 Å². The molecule has 1 aromatic heterocycles. The molecule has 5 rings (SSSR count). The average Bonchev–Trinajstić information content (AvgIpc) is 3.32. The minimum atomic E-state index is -0.255. The van der Waals surface area contributed by atoms with Crippen molar-refractivity contribution in [3.63, 3.8) is 0 Å². The molecular weight excluding hydrogens is 406 g/mol. The highest BCUT2D eigenvalue weighted by molar-refractivity contribution is 8.26. The number of ketones is 2. The maximum Gasteiger partial charge on any atom is 0.263 e. The molecule has 1 N–H and O–H groups in total. The molecule has 0 bridgehead atoms. The van der Waals surface area contributed by atoms with Gasteiger partial charge >= 0.3 is 0 Å². The first-order valence-corrected chi connectivity index (χ1v) is 9.91. The van der Waals surface area contributed by atoms with Gasteiger partial charge in [-0.25, -0.2) is 0 Å². The van der Waals surface area contributed by atoms with E-state index in [-0.39, 0.29) is 17.5 Å². The Morgan fingerprint density at radius 1 is 0.862 bits per heavy atom. The lowest BCUT2D eigenvalue weighted by Crippen LogP contribution is -2.20. The first-order chi connectivity index (χ1) is 14.0. The Morgan fingerprint density at radius 3 is 2.24 bits per heavy atom. The maximum absolute atomic E-state index is 12.9. The van der Waals surface area contributed by atoms with Gasteiger partial charge in [-0.05, 0) is 24.3 Å². The van der Waals surface area contributed by atoms with Crippen LogP contribution < -0.4 is 5.32 Å². The summed E-state index contributed by atoms with van der Waals surface area (Å²) in [5.41, 5.74) is 2.26. The molecule has 29 heavy (non-hydrogen) atoms. The molecule has 1 aliphatic carbocycles. The summed E-state index contributed by atoms with van der Waals surface area (Å²) in [6, 6.07) is 15.4. The first-order valence-electron chi connectivity index (χ1n) is 8.69. The Morgan fingerprint density at radius 2 is 1.55 bits per heavy atom. The van der Waals surface area contributed by atoms with Gasteiger partial charge in [0.15, 0.2) is 11.6 Å². The van der Waals surface area contributed by atoms with Gasteiger partial charge in [-0.15, -0.1) is 0 Å². The van der Waals surface area contributed by atoms with Crippen molar-refractivity contribution in [1.29, 1.82) is 0 Å². The Labute approximate surface area is 174 Å². The fourth-order valence-corrected chi connectivity index (χ4v) is 4.41. The maximum atomic E-state index is 12.9. The van der Waals surface area contributed by atoms with Crippen molar-refractivity contribution in [1.82, 2.24) is 5.32 Å². The fourth-order valence-electron chi connectivity index (χ4n) is 3.39. The highest BCUT2D eigenvalue weighted by Gasteiger charge is 2.29. The van der Waals surface area contributed by atoms with Crippen molar-refractivity contribution in [2.45, 2.75) is 0 Å². The van der Waals surface area contributed by atoms with Crippen LogP contribution in [-0.4, -0.2) is 21.8 Å². The molecule has 0 atom stereocenters. The van der Waals surface area contributed by atoms with Crippen molar-refractivity contribution < 1.29 is 18.8 Å². The number of carbonyl (C=O) groups is 3. The Kier molecular flexibility index (Phi) is 4.08. The molecule has 140 valence electrons. The van der Waals surface area contributed by atoms with Crippen LogP contribution in [0, 0.1) is 0 Å². The van der Waals surface area contributed by atoms with Crippen LogP contribution in [0.2, 0.25) is 0 Å². The van der Waals surface area contributed by atoms with Gasteiger partial charge in [0.25, 0.3) is 5.91 Å². The molecule has 1 fully saturated rings. The van der Waals surface area contributed by atoms with E-state index in [9.17, 15) is 14.4 Å². The molecule has 1 aliphatic heterocycles. The zero-order chi connectivity index (χ0) is 20.1. The van der Waals surface area contributed by atoms with E-state index < -0.39 is 0 Å². The standard InChI is InChI=1S/C22H11NO4S2/c24-19-13-3-1-2-4-14(13)20(25)16-9-11(5-7-15(16)19)17-8-6-12(27-17)10-18-21(26)23-22(28)29-18/h1-10H,(H,23,26,28)/b18-10+. The van der Waals surface area contributed by atoms with E-state index in [1.807, 2.05) is 0 Å². The number of thioether (sulfide) groups is 1. The number of amides is 1. The zero-order valence-electron chi connectivity index (χ0n) is 14.7. The molecule has 2 heterocycles. The molecular formula is C22H11NO4S2. The summed E-state index contributed by atoms with van der Waals surface area (Å²) in [5, 5.41) is 2.55. The van der Waals surface area contributed by atoms with Crippen LogP contribution in [0.4, 0.5) is 0 Å². The molecule has 3 aromatic rings. The number of furan rings is 1. The summed E-state index contributed by atoms with van der Waals surface area (Å²) < 4.78 is 6.24. The van der Waals surface area contributed by atoms with Crippen molar-refractivity contribution in [3.8, 4) is 11.3 Å². The number of fused-ring (bicyclic) bond motifs is 2. The summed E-state index contributed by atoms with van der Waals surface area (Å²) in [6.45, 7) is 0. The monoisotopic (exact) mass is 417 g/mol. The largest absolute Gasteiger partial charge is 0.457 e. The molecule has 2 aliphatic rings. The van der Waals surface area contributed by atoms with E-state index in [4.69, 9.17) is 16.6 Å². The number of nitrogens with one attached hydrogen (secondary N) is 1. The van der Waals surface area contributed by atoms with Crippen LogP contribution in [0.5, 0.6) is 0 Å². The minimum absolute atomic E-state index is 0.160. The average molecular weight is 417 g/mol. The summed E-state index contributed by atoms with van der Waals surface area (Å²) in [7, 11) is 0. The van der Waals surface area contributed by atoms with Gasteiger partial charge in [0, 0.05) is 33.9 Å². The lowest BCUT2D eigenvalue weighted by Gasteiger charge is -2.17. The normalized spacial score (nSPS) is 16.8. The summed E-state index contributed by atoms with van der Waals surface area (Å²) in [5.74, 6) is 0.428. The van der Waals surface area contributed by atoms with Gasteiger partial charge in [-0.3, -0.25) is 14.4 Å². The molecule has 0 radical (unpaired) electrons. The van der Waals surface area contributed by atoms with Crippen LogP contribution in [-0.2, 0) is 4.79 Å². The van der Waals surface area contributed by atoms with Gasteiger partial charge in [0.05, 0.1) is 4.91 Å². The molecule has 0 saturated carbocycles. The van der Waals surface area contributed by atoms with Crippen molar-refractivity contribution in [2.75, 3.05) is 0 Å². The first kappa shape index (κ1) is 17.8. The van der Waals surface area contributed by atoms with Crippen LogP contribution in [0.15, 0.2) is 63.9 Å². The van der Waals surface area contributed by atoms with Gasteiger partial charge in [0.2, 0.25) is 0 Å². The van der Waals surface area contributed by atoms with E-state index in [0.717, 1.165) is 0 Å². The topological polar surface area (TPSA) is 76.4 Å². The smallest absolute Gasteiger partial charge is 0.263 e. The third-order valence-electron chi connectivity index (χ3n) is 4.75. The van der Waals surface area contributed by atoms with Gasteiger partial charge < -0.3 is 9.73 Å². The number of hydrogen-bond donors (Lipinski definition) is 1. The number of carbonyl (C=O) groups excluding carboxylic acids is 3. The summed E-state index contributed by atoms with van der Waals surface area (Å²) >= 11 is 6.15. The highest BCUT2D eigenvalue weighted by atomic mass is 32.2. The van der Waals surface area contributed by atoms with Crippen LogP contribution in [0.1, 0.15) is 37.6 Å². The number of rotatable bonds is 2. The SMILES string of the molecule is O=C1NC(=S)S/C1=C/c1ccc(-c2ccc3c(c2)C(=O)c2ccccc2C3=O)o1. The lowest BCUT2D eigenvalue weighted by atomic mass is 9.83. The minimum Gasteiger partial charge on any atom is -0.457 e. The fraction of sp³-hybridized carbons (Fsp3) is 0. The second-order valence-corrected chi connectivity index (χ2v) is 8.24. The highest BCUT2D eigenvalue weighted by Crippen LogP contribution is 2.32. The molecule has 2 aromatic carbocycles. The van der Waals surface area contributed by atoms with E-state index in [2.05, 4.69) is 5.32 Å². The Hall–Kier alpha value is -3.29. The van der Waals surface area contributed by atoms with Crippen molar-refractivity contribution in [2.24, 2.45) is 0 Å². The zero-order valence-corrected chi connectivity index (χ0v) is 16.4. The Bertz CT molecular complexity index is 1290. The second kappa shape index (κ2) is 6.65. The third kappa shape index (κ3) is 2.95. The molecule has 1 saturated heterocycles. The third-order valence-corrected chi connectivity index (χ3v) is 5.91. The molecule has 7 heteroatoms. The number of benzene rings is 2. The Balaban J connectivity index is 1.52.